The first kappa shape index (κ1) is 21.9. The summed E-state index contributed by atoms with van der Waals surface area (Å²) in [6.45, 7) is 10.5. The lowest BCUT2D eigenvalue weighted by Gasteiger charge is -2.51. The first-order valence-corrected chi connectivity index (χ1v) is 13.3. The maximum Gasteiger partial charge on any atom is 0.309 e. The minimum atomic E-state index is -0.427. The SMILES string of the molecule is CC1CC2C3CC(O)C(C3)C2OC1C1CC2C3CC(C(=O)OC(C)(C)C)C(C3)C2OC1C. The van der Waals surface area contributed by atoms with Gasteiger partial charge < -0.3 is 19.3 Å². The van der Waals surface area contributed by atoms with Crippen molar-refractivity contribution in [3.63, 3.8) is 0 Å². The maximum atomic E-state index is 12.8. The Kier molecular flexibility index (Phi) is 5.07. The highest BCUT2D eigenvalue weighted by atomic mass is 16.6. The molecular weight excluding hydrogens is 404 g/mol. The van der Waals surface area contributed by atoms with E-state index in [2.05, 4.69) is 13.8 Å². The van der Waals surface area contributed by atoms with E-state index in [0.29, 0.717) is 47.3 Å². The van der Waals surface area contributed by atoms with E-state index >= 15 is 0 Å². The van der Waals surface area contributed by atoms with Crippen LogP contribution >= 0.6 is 0 Å². The van der Waals surface area contributed by atoms with Crippen molar-refractivity contribution < 1.29 is 24.1 Å². The molecule has 5 nitrogen and oxygen atoms in total. The van der Waals surface area contributed by atoms with Crippen LogP contribution in [0, 0.1) is 53.3 Å². The lowest BCUT2D eigenvalue weighted by atomic mass is 9.68. The monoisotopic (exact) mass is 446 g/mol. The molecule has 4 aliphatic carbocycles. The smallest absolute Gasteiger partial charge is 0.309 e. The summed E-state index contributed by atoms with van der Waals surface area (Å²) in [5.41, 5.74) is -0.427. The summed E-state index contributed by atoms with van der Waals surface area (Å²) in [5.74, 6) is 4.08. The van der Waals surface area contributed by atoms with Crippen molar-refractivity contribution in [1.29, 1.82) is 0 Å². The van der Waals surface area contributed by atoms with Crippen LogP contribution in [0.25, 0.3) is 0 Å². The molecule has 0 aromatic rings. The van der Waals surface area contributed by atoms with Gasteiger partial charge in [0.05, 0.1) is 36.4 Å². The molecule has 180 valence electrons. The van der Waals surface area contributed by atoms with Crippen LogP contribution in [0.5, 0.6) is 0 Å². The molecule has 0 aromatic carbocycles. The van der Waals surface area contributed by atoms with Gasteiger partial charge in [0.15, 0.2) is 0 Å². The van der Waals surface area contributed by atoms with Gasteiger partial charge in [-0.3, -0.25) is 4.79 Å². The highest BCUT2D eigenvalue weighted by Gasteiger charge is 2.61. The molecule has 1 N–H and O–H groups in total. The minimum Gasteiger partial charge on any atom is -0.460 e. The summed E-state index contributed by atoms with van der Waals surface area (Å²) in [4.78, 5) is 12.8. The molecule has 14 unspecified atom stereocenters. The van der Waals surface area contributed by atoms with Crippen molar-refractivity contribution in [3.8, 4) is 0 Å². The fraction of sp³-hybridized carbons (Fsp3) is 0.963. The Morgan fingerprint density at radius 2 is 1.44 bits per heavy atom. The normalized spacial score (nSPS) is 56.2. The summed E-state index contributed by atoms with van der Waals surface area (Å²) in [6, 6.07) is 0. The molecule has 2 heterocycles. The van der Waals surface area contributed by atoms with Gasteiger partial charge in [0.2, 0.25) is 0 Å². The van der Waals surface area contributed by atoms with Gasteiger partial charge in [-0.2, -0.15) is 0 Å². The Hall–Kier alpha value is -0.650. The number of esters is 1. The number of fused-ring (bicyclic) bond motifs is 10. The average molecular weight is 447 g/mol. The number of aliphatic hydroxyl groups is 1. The Morgan fingerprint density at radius 1 is 0.781 bits per heavy atom. The van der Waals surface area contributed by atoms with Gasteiger partial charge in [0.25, 0.3) is 0 Å². The van der Waals surface area contributed by atoms with Gasteiger partial charge in [-0.05, 0) is 102 Å². The van der Waals surface area contributed by atoms with Crippen LogP contribution in [0.3, 0.4) is 0 Å². The Morgan fingerprint density at radius 3 is 2.19 bits per heavy atom. The quantitative estimate of drug-likeness (QED) is 0.644. The number of hydrogen-bond acceptors (Lipinski definition) is 5. The number of rotatable bonds is 2. The molecule has 6 rings (SSSR count). The molecule has 32 heavy (non-hydrogen) atoms. The lowest BCUT2D eigenvalue weighted by Crippen LogP contribution is -2.55. The van der Waals surface area contributed by atoms with Crippen LogP contribution in [0.2, 0.25) is 0 Å². The third kappa shape index (κ3) is 3.32. The van der Waals surface area contributed by atoms with E-state index in [9.17, 15) is 9.90 Å². The van der Waals surface area contributed by atoms with Crippen LogP contribution in [0.15, 0.2) is 0 Å². The molecule has 0 spiro atoms. The molecule has 2 aliphatic heterocycles. The molecule has 6 aliphatic rings. The molecule has 2 saturated heterocycles. The molecular formula is C27H42O5. The zero-order valence-electron chi connectivity index (χ0n) is 20.4. The highest BCUT2D eigenvalue weighted by Crippen LogP contribution is 2.60. The van der Waals surface area contributed by atoms with Crippen molar-refractivity contribution in [3.05, 3.63) is 0 Å². The largest absolute Gasteiger partial charge is 0.460 e. The first-order valence-electron chi connectivity index (χ1n) is 13.3. The van der Waals surface area contributed by atoms with E-state index in [1.807, 2.05) is 20.8 Å². The van der Waals surface area contributed by atoms with E-state index in [0.717, 1.165) is 32.1 Å². The fourth-order valence-electron chi connectivity index (χ4n) is 9.15. The molecule has 14 atom stereocenters. The summed E-state index contributed by atoms with van der Waals surface area (Å²) in [5, 5.41) is 10.5. The molecule has 0 amide bonds. The summed E-state index contributed by atoms with van der Waals surface area (Å²) in [6.07, 6.45) is 7.32. The number of hydrogen-bond donors (Lipinski definition) is 1. The van der Waals surface area contributed by atoms with Gasteiger partial charge in [0.1, 0.15) is 5.60 Å². The summed E-state index contributed by atoms with van der Waals surface area (Å²) >= 11 is 0. The van der Waals surface area contributed by atoms with E-state index < -0.39 is 5.60 Å². The van der Waals surface area contributed by atoms with Gasteiger partial charge in [-0.1, -0.05) is 6.92 Å². The second-order valence-corrected chi connectivity index (χ2v) is 13.3. The predicted molar refractivity (Wildman–Crippen MR) is 120 cm³/mol. The molecule has 5 heteroatoms. The number of ether oxygens (including phenoxy) is 3. The predicted octanol–water partition coefficient (Wildman–Crippen LogP) is 4.20. The van der Waals surface area contributed by atoms with Crippen LogP contribution in [0.1, 0.15) is 73.1 Å². The molecule has 4 bridgehead atoms. The standard InChI is InChI=1S/C27H42O5/c1-12-6-17-15-9-21(22(28)10-15)25(17)31-23(12)16-11-18-14-7-19(24(18)30-13(16)2)20(8-14)26(29)32-27(3,4)5/h12-25,28H,6-11H2,1-5H3. The van der Waals surface area contributed by atoms with E-state index in [4.69, 9.17) is 14.2 Å². The fourth-order valence-corrected chi connectivity index (χ4v) is 9.15. The molecule has 0 radical (unpaired) electrons. The van der Waals surface area contributed by atoms with Crippen LogP contribution in [-0.2, 0) is 19.0 Å². The second-order valence-electron chi connectivity index (χ2n) is 13.3. The van der Waals surface area contributed by atoms with Crippen LogP contribution in [0.4, 0.5) is 0 Å². The number of carbonyl (C=O) groups is 1. The minimum absolute atomic E-state index is 0.00497. The highest BCUT2D eigenvalue weighted by molar-refractivity contribution is 5.74. The van der Waals surface area contributed by atoms with Crippen LogP contribution < -0.4 is 0 Å². The topological polar surface area (TPSA) is 65.0 Å². The third-order valence-electron chi connectivity index (χ3n) is 10.3. The van der Waals surface area contributed by atoms with Gasteiger partial charge >= 0.3 is 5.97 Å². The zero-order valence-corrected chi connectivity index (χ0v) is 20.4. The lowest BCUT2D eigenvalue weighted by molar-refractivity contribution is -0.217. The summed E-state index contributed by atoms with van der Waals surface area (Å²) < 4.78 is 19.3. The third-order valence-corrected chi connectivity index (χ3v) is 10.3. The Balaban J connectivity index is 1.15. The van der Waals surface area contributed by atoms with Gasteiger partial charge in [0, 0.05) is 11.8 Å². The molecule has 0 aromatic heterocycles. The maximum absolute atomic E-state index is 12.8. The number of carbonyl (C=O) groups excluding carboxylic acids is 1. The van der Waals surface area contributed by atoms with E-state index in [1.54, 1.807) is 0 Å². The van der Waals surface area contributed by atoms with E-state index in [1.165, 1.54) is 6.42 Å². The molecule has 6 fully saturated rings. The van der Waals surface area contributed by atoms with Gasteiger partial charge in [-0.25, -0.2) is 0 Å². The van der Waals surface area contributed by atoms with E-state index in [-0.39, 0.29) is 42.4 Å². The number of aliphatic hydroxyl groups excluding tert-OH is 1. The second kappa shape index (κ2) is 7.42. The first-order chi connectivity index (χ1) is 15.1. The zero-order chi connectivity index (χ0) is 22.5. The van der Waals surface area contributed by atoms with Crippen molar-refractivity contribution in [2.45, 2.75) is 109 Å². The van der Waals surface area contributed by atoms with Crippen molar-refractivity contribution >= 4 is 5.97 Å². The van der Waals surface area contributed by atoms with Crippen LogP contribution in [-0.4, -0.2) is 47.2 Å². The molecule has 4 saturated carbocycles. The Bertz CT molecular complexity index is 760. The van der Waals surface area contributed by atoms with Gasteiger partial charge in [-0.15, -0.1) is 0 Å². The van der Waals surface area contributed by atoms with Crippen molar-refractivity contribution in [1.82, 2.24) is 0 Å². The Labute approximate surface area is 192 Å². The average Bonchev–Trinajstić information content (AvgIpc) is 3.44. The summed E-state index contributed by atoms with van der Waals surface area (Å²) in [7, 11) is 0. The van der Waals surface area contributed by atoms with Crippen molar-refractivity contribution in [2.75, 3.05) is 0 Å². The van der Waals surface area contributed by atoms with Crippen molar-refractivity contribution in [2.24, 2.45) is 53.3 Å².